The van der Waals surface area contributed by atoms with Gasteiger partial charge in [-0.3, -0.25) is 8.61 Å². The molecule has 1 aliphatic heterocycles. The Labute approximate surface area is 165 Å². The van der Waals surface area contributed by atoms with Crippen molar-refractivity contribution in [1.29, 1.82) is 0 Å². The number of benzene rings is 2. The standard InChI is InChI=1S/C19H24N4O4S/c1-4-5-12-27-16-9-6-14(7-10-16)20-19(24)21-15-8-11-17-18(13-15)23(3)28(25,26)22(17)2/h6-11,13H,4-5,12H2,1-3H3,(H2,20,21,24). The summed E-state index contributed by atoms with van der Waals surface area (Å²) in [6.45, 7) is 2.77. The number of nitrogens with zero attached hydrogens (tertiary/aromatic N) is 2. The summed E-state index contributed by atoms with van der Waals surface area (Å²) in [5.74, 6) is 0.756. The highest BCUT2D eigenvalue weighted by Crippen LogP contribution is 2.40. The first-order valence-electron chi connectivity index (χ1n) is 9.00. The molecule has 28 heavy (non-hydrogen) atoms. The van der Waals surface area contributed by atoms with Crippen LogP contribution in [-0.4, -0.2) is 35.2 Å². The molecule has 1 aliphatic rings. The highest BCUT2D eigenvalue weighted by atomic mass is 32.2. The van der Waals surface area contributed by atoms with Gasteiger partial charge in [-0.1, -0.05) is 13.3 Å². The van der Waals surface area contributed by atoms with Crippen LogP contribution in [0.3, 0.4) is 0 Å². The second kappa shape index (κ2) is 7.97. The van der Waals surface area contributed by atoms with E-state index in [2.05, 4.69) is 17.6 Å². The first-order chi connectivity index (χ1) is 13.3. The van der Waals surface area contributed by atoms with Crippen LogP contribution in [0.4, 0.5) is 27.5 Å². The van der Waals surface area contributed by atoms with Gasteiger partial charge in [0.25, 0.3) is 0 Å². The maximum absolute atomic E-state index is 12.3. The minimum atomic E-state index is -3.54. The van der Waals surface area contributed by atoms with Crippen LogP contribution in [0.15, 0.2) is 42.5 Å². The fourth-order valence-corrected chi connectivity index (χ4v) is 3.98. The molecule has 0 aromatic heterocycles. The summed E-state index contributed by atoms with van der Waals surface area (Å²) < 4.78 is 32.3. The highest BCUT2D eigenvalue weighted by molar-refractivity contribution is 7.94. The molecular formula is C19H24N4O4S. The Balaban J connectivity index is 1.62. The lowest BCUT2D eigenvalue weighted by molar-refractivity contribution is 0.262. The van der Waals surface area contributed by atoms with Gasteiger partial charge in [0, 0.05) is 25.5 Å². The normalized spacial score (nSPS) is 14.5. The number of anilines is 4. The number of unbranched alkanes of at least 4 members (excludes halogenated alkanes) is 1. The molecule has 0 spiro atoms. The van der Waals surface area contributed by atoms with Gasteiger partial charge < -0.3 is 15.4 Å². The molecule has 8 nitrogen and oxygen atoms in total. The van der Waals surface area contributed by atoms with E-state index in [0.29, 0.717) is 29.4 Å². The monoisotopic (exact) mass is 404 g/mol. The van der Waals surface area contributed by atoms with Gasteiger partial charge in [0.2, 0.25) is 0 Å². The first kappa shape index (κ1) is 19.8. The highest BCUT2D eigenvalue weighted by Gasteiger charge is 2.35. The van der Waals surface area contributed by atoms with Crippen molar-refractivity contribution in [3.63, 3.8) is 0 Å². The Morgan fingerprint density at radius 3 is 2.25 bits per heavy atom. The molecule has 150 valence electrons. The molecule has 2 N–H and O–H groups in total. The summed E-state index contributed by atoms with van der Waals surface area (Å²) in [7, 11) is -0.572. The molecule has 0 aliphatic carbocycles. The summed E-state index contributed by atoms with van der Waals surface area (Å²) in [4.78, 5) is 12.3. The van der Waals surface area contributed by atoms with Gasteiger partial charge in [0.1, 0.15) is 5.75 Å². The van der Waals surface area contributed by atoms with E-state index in [1.807, 2.05) is 0 Å². The number of carbonyl (C=O) groups is 1. The molecule has 0 saturated heterocycles. The van der Waals surface area contributed by atoms with Crippen molar-refractivity contribution in [2.24, 2.45) is 0 Å². The Morgan fingerprint density at radius 2 is 1.57 bits per heavy atom. The Bertz CT molecular complexity index is 960. The summed E-state index contributed by atoms with van der Waals surface area (Å²) >= 11 is 0. The van der Waals surface area contributed by atoms with E-state index in [4.69, 9.17) is 4.74 Å². The first-order valence-corrected chi connectivity index (χ1v) is 10.4. The van der Waals surface area contributed by atoms with Crippen LogP contribution in [0, 0.1) is 0 Å². The molecule has 0 fully saturated rings. The lowest BCUT2D eigenvalue weighted by atomic mass is 10.2. The Hall–Kier alpha value is -2.94. The van der Waals surface area contributed by atoms with Crippen LogP contribution in [0.5, 0.6) is 5.75 Å². The van der Waals surface area contributed by atoms with Crippen molar-refractivity contribution in [2.45, 2.75) is 19.8 Å². The molecular weight excluding hydrogens is 380 g/mol. The average molecular weight is 404 g/mol. The predicted molar refractivity (Wildman–Crippen MR) is 112 cm³/mol. The van der Waals surface area contributed by atoms with Gasteiger partial charge >= 0.3 is 16.2 Å². The van der Waals surface area contributed by atoms with Crippen LogP contribution in [0.25, 0.3) is 0 Å². The zero-order valence-electron chi connectivity index (χ0n) is 16.1. The number of amides is 2. The van der Waals surface area contributed by atoms with Crippen LogP contribution < -0.4 is 24.0 Å². The molecule has 9 heteroatoms. The lowest BCUT2D eigenvalue weighted by Crippen LogP contribution is -2.32. The van der Waals surface area contributed by atoms with E-state index in [9.17, 15) is 13.2 Å². The van der Waals surface area contributed by atoms with Gasteiger partial charge in [-0.15, -0.1) is 0 Å². The second-order valence-corrected chi connectivity index (χ2v) is 8.44. The third-order valence-electron chi connectivity index (χ3n) is 4.48. The summed E-state index contributed by atoms with van der Waals surface area (Å²) in [5.41, 5.74) is 2.19. The Morgan fingerprint density at radius 1 is 0.964 bits per heavy atom. The fourth-order valence-electron chi connectivity index (χ4n) is 2.81. The molecule has 2 aromatic carbocycles. The molecule has 1 heterocycles. The Kier molecular flexibility index (Phi) is 5.64. The maximum atomic E-state index is 12.3. The van der Waals surface area contributed by atoms with Crippen molar-refractivity contribution >= 4 is 39.0 Å². The minimum absolute atomic E-state index is 0.420. The van der Waals surface area contributed by atoms with E-state index in [1.54, 1.807) is 42.5 Å². The van der Waals surface area contributed by atoms with Crippen molar-refractivity contribution < 1.29 is 17.9 Å². The molecule has 0 bridgehead atoms. The number of hydrogen-bond donors (Lipinski definition) is 2. The number of carbonyl (C=O) groups excluding carboxylic acids is 1. The average Bonchev–Trinajstić information content (AvgIpc) is 2.84. The van der Waals surface area contributed by atoms with Gasteiger partial charge in [-0.05, 0) is 48.9 Å². The van der Waals surface area contributed by atoms with E-state index < -0.39 is 16.2 Å². The summed E-state index contributed by atoms with van der Waals surface area (Å²) in [6.07, 6.45) is 2.07. The molecule has 0 radical (unpaired) electrons. The van der Waals surface area contributed by atoms with E-state index in [-0.39, 0.29) is 0 Å². The van der Waals surface area contributed by atoms with E-state index in [0.717, 1.165) is 18.6 Å². The van der Waals surface area contributed by atoms with Gasteiger partial charge in [0.05, 0.1) is 18.0 Å². The number of nitrogens with one attached hydrogen (secondary N) is 2. The largest absolute Gasteiger partial charge is 0.494 e. The van der Waals surface area contributed by atoms with Crippen LogP contribution in [0.2, 0.25) is 0 Å². The van der Waals surface area contributed by atoms with Crippen LogP contribution >= 0.6 is 0 Å². The zero-order valence-corrected chi connectivity index (χ0v) is 16.9. The van der Waals surface area contributed by atoms with Crippen molar-refractivity contribution in [2.75, 3.05) is 39.9 Å². The quantitative estimate of drug-likeness (QED) is 0.719. The van der Waals surface area contributed by atoms with Crippen molar-refractivity contribution in [3.05, 3.63) is 42.5 Å². The molecule has 0 atom stereocenters. The van der Waals surface area contributed by atoms with Crippen LogP contribution in [0.1, 0.15) is 19.8 Å². The van der Waals surface area contributed by atoms with Crippen molar-refractivity contribution in [1.82, 2.24) is 0 Å². The SMILES string of the molecule is CCCCOc1ccc(NC(=O)Nc2ccc3c(c2)N(C)S(=O)(=O)N3C)cc1. The second-order valence-electron chi connectivity index (χ2n) is 6.45. The van der Waals surface area contributed by atoms with Gasteiger partial charge in [0.15, 0.2) is 0 Å². The number of ether oxygens (including phenoxy) is 1. The topological polar surface area (TPSA) is 91.0 Å². The van der Waals surface area contributed by atoms with E-state index >= 15 is 0 Å². The van der Waals surface area contributed by atoms with Gasteiger partial charge in [-0.2, -0.15) is 8.42 Å². The van der Waals surface area contributed by atoms with Crippen LogP contribution in [-0.2, 0) is 10.2 Å². The number of rotatable bonds is 6. The minimum Gasteiger partial charge on any atom is -0.494 e. The molecule has 2 amide bonds. The summed E-state index contributed by atoms with van der Waals surface area (Å²) in [5, 5.41) is 5.46. The smallest absolute Gasteiger partial charge is 0.326 e. The molecule has 0 saturated carbocycles. The molecule has 0 unspecified atom stereocenters. The number of hydrogen-bond acceptors (Lipinski definition) is 4. The fraction of sp³-hybridized carbons (Fsp3) is 0.316. The van der Waals surface area contributed by atoms with Crippen molar-refractivity contribution in [3.8, 4) is 5.75 Å². The van der Waals surface area contributed by atoms with E-state index in [1.165, 1.54) is 22.7 Å². The zero-order chi connectivity index (χ0) is 20.3. The third kappa shape index (κ3) is 3.99. The third-order valence-corrected chi connectivity index (χ3v) is 6.26. The predicted octanol–water partition coefficient (Wildman–Crippen LogP) is 3.64. The molecule has 2 aromatic rings. The number of urea groups is 1. The molecule has 3 rings (SSSR count). The summed E-state index contributed by atoms with van der Waals surface area (Å²) in [6, 6.07) is 11.7. The van der Waals surface area contributed by atoms with Gasteiger partial charge in [-0.25, -0.2) is 4.79 Å². The number of fused-ring (bicyclic) bond motifs is 1. The maximum Gasteiger partial charge on any atom is 0.326 e. The lowest BCUT2D eigenvalue weighted by Gasteiger charge is -2.13.